The van der Waals surface area contributed by atoms with Crippen LogP contribution >= 0.6 is 0 Å². The summed E-state index contributed by atoms with van der Waals surface area (Å²) in [7, 11) is 1.69. The monoisotopic (exact) mass is 332 g/mol. The zero-order valence-corrected chi connectivity index (χ0v) is 13.9. The third kappa shape index (κ3) is 3.92. The van der Waals surface area contributed by atoms with Gasteiger partial charge in [-0.2, -0.15) is 0 Å². The highest BCUT2D eigenvalue weighted by molar-refractivity contribution is 5.61. The Hall–Kier alpha value is -1.96. The fraction of sp³-hybridized carbons (Fsp3) is 0.529. The molecule has 1 unspecified atom stereocenters. The molecule has 2 heterocycles. The second kappa shape index (κ2) is 7.74. The minimum absolute atomic E-state index is 0.223. The Morgan fingerprint density at radius 2 is 2.08 bits per heavy atom. The Morgan fingerprint density at radius 3 is 2.79 bits per heavy atom. The van der Waals surface area contributed by atoms with Crippen LogP contribution in [0.3, 0.4) is 0 Å². The summed E-state index contributed by atoms with van der Waals surface area (Å²) >= 11 is 0. The number of likely N-dealkylation sites (tertiary alicyclic amines) is 1. The standard InChI is InChI=1S/C17H24N4O3/c1-24-17-5-4-13(8-14(17)9-20-6-2-3-7-20)16-11-21(19-18-16)10-15(23)12-22/h4-5,8,11,15,22-23H,2-3,6-7,9-10,12H2,1H3. The first-order valence-electron chi connectivity index (χ1n) is 8.28. The Balaban J connectivity index is 1.80. The number of hydrogen-bond acceptors (Lipinski definition) is 6. The van der Waals surface area contributed by atoms with Gasteiger partial charge in [0.05, 0.1) is 32.6 Å². The third-order valence-corrected chi connectivity index (χ3v) is 4.32. The molecule has 0 radical (unpaired) electrons. The van der Waals surface area contributed by atoms with Crippen LogP contribution in [-0.2, 0) is 13.1 Å². The lowest BCUT2D eigenvalue weighted by molar-refractivity contribution is 0.0778. The van der Waals surface area contributed by atoms with E-state index in [-0.39, 0.29) is 13.2 Å². The fourth-order valence-corrected chi connectivity index (χ4v) is 3.04. The molecule has 7 heteroatoms. The maximum atomic E-state index is 9.50. The first kappa shape index (κ1) is 16.9. The number of benzene rings is 1. The molecule has 1 saturated heterocycles. The van der Waals surface area contributed by atoms with Crippen molar-refractivity contribution < 1.29 is 14.9 Å². The Morgan fingerprint density at radius 1 is 1.29 bits per heavy atom. The first-order valence-corrected chi connectivity index (χ1v) is 8.28. The number of nitrogens with zero attached hydrogens (tertiary/aromatic N) is 4. The van der Waals surface area contributed by atoms with E-state index in [1.165, 1.54) is 12.8 Å². The van der Waals surface area contributed by atoms with E-state index in [9.17, 15) is 5.11 Å². The van der Waals surface area contributed by atoms with Gasteiger partial charge in [0.15, 0.2) is 0 Å². The summed E-state index contributed by atoms with van der Waals surface area (Å²) in [5.41, 5.74) is 2.85. The lowest BCUT2D eigenvalue weighted by Gasteiger charge is -2.17. The molecule has 0 bridgehead atoms. The second-order valence-electron chi connectivity index (χ2n) is 6.17. The molecule has 2 aromatic rings. The smallest absolute Gasteiger partial charge is 0.123 e. The topological polar surface area (TPSA) is 83.6 Å². The van der Waals surface area contributed by atoms with Crippen LogP contribution in [0.25, 0.3) is 11.3 Å². The molecule has 1 aliphatic rings. The van der Waals surface area contributed by atoms with E-state index in [0.717, 1.165) is 42.2 Å². The molecule has 1 fully saturated rings. The normalized spacial score (nSPS) is 16.5. The molecule has 24 heavy (non-hydrogen) atoms. The van der Waals surface area contributed by atoms with Crippen LogP contribution in [-0.4, -0.2) is 63.0 Å². The summed E-state index contributed by atoms with van der Waals surface area (Å²) < 4.78 is 7.03. The van der Waals surface area contributed by atoms with Crippen molar-refractivity contribution >= 4 is 0 Å². The summed E-state index contributed by atoms with van der Waals surface area (Å²) in [5, 5.41) is 26.6. The van der Waals surface area contributed by atoms with E-state index in [2.05, 4.69) is 21.3 Å². The van der Waals surface area contributed by atoms with Crippen molar-refractivity contribution in [3.05, 3.63) is 30.0 Å². The molecule has 3 rings (SSSR count). The lowest BCUT2D eigenvalue weighted by Crippen LogP contribution is -2.20. The predicted octanol–water partition coefficient (Wildman–Crippen LogP) is 0.903. The van der Waals surface area contributed by atoms with E-state index in [1.807, 2.05) is 12.1 Å². The zero-order chi connectivity index (χ0) is 16.9. The number of aliphatic hydroxyl groups is 2. The van der Waals surface area contributed by atoms with Gasteiger partial charge in [0.1, 0.15) is 11.4 Å². The van der Waals surface area contributed by atoms with Crippen LogP contribution in [0.1, 0.15) is 18.4 Å². The number of methoxy groups -OCH3 is 1. The number of aliphatic hydroxyl groups excluding tert-OH is 2. The number of hydrogen-bond donors (Lipinski definition) is 2. The molecule has 1 aromatic carbocycles. The van der Waals surface area contributed by atoms with Gasteiger partial charge in [-0.15, -0.1) is 5.10 Å². The van der Waals surface area contributed by atoms with Crippen molar-refractivity contribution in [3.8, 4) is 17.0 Å². The van der Waals surface area contributed by atoms with Gasteiger partial charge in [0.2, 0.25) is 0 Å². The molecule has 2 N–H and O–H groups in total. The molecular weight excluding hydrogens is 308 g/mol. The van der Waals surface area contributed by atoms with Gasteiger partial charge in [-0.1, -0.05) is 5.21 Å². The van der Waals surface area contributed by atoms with Crippen LogP contribution in [0.5, 0.6) is 5.75 Å². The van der Waals surface area contributed by atoms with E-state index >= 15 is 0 Å². The molecule has 0 saturated carbocycles. The van der Waals surface area contributed by atoms with Gasteiger partial charge in [-0.3, -0.25) is 4.90 Å². The molecule has 0 amide bonds. The van der Waals surface area contributed by atoms with Crippen molar-refractivity contribution in [2.75, 3.05) is 26.8 Å². The SMILES string of the molecule is COc1ccc(-c2cn(CC(O)CO)nn2)cc1CN1CCCC1. The average molecular weight is 332 g/mol. The Kier molecular flexibility index (Phi) is 5.44. The minimum atomic E-state index is -0.832. The molecule has 7 nitrogen and oxygen atoms in total. The zero-order valence-electron chi connectivity index (χ0n) is 13.9. The molecule has 130 valence electrons. The van der Waals surface area contributed by atoms with Crippen molar-refractivity contribution in [2.24, 2.45) is 0 Å². The van der Waals surface area contributed by atoms with Crippen molar-refractivity contribution in [3.63, 3.8) is 0 Å². The van der Waals surface area contributed by atoms with E-state index in [4.69, 9.17) is 9.84 Å². The van der Waals surface area contributed by atoms with Crippen molar-refractivity contribution in [1.29, 1.82) is 0 Å². The van der Waals surface area contributed by atoms with Gasteiger partial charge in [0.25, 0.3) is 0 Å². The third-order valence-electron chi connectivity index (χ3n) is 4.32. The quantitative estimate of drug-likeness (QED) is 0.784. The number of ether oxygens (including phenoxy) is 1. The lowest BCUT2D eigenvalue weighted by atomic mass is 10.1. The van der Waals surface area contributed by atoms with Gasteiger partial charge in [-0.05, 0) is 44.1 Å². The van der Waals surface area contributed by atoms with Crippen LogP contribution < -0.4 is 4.74 Å². The fourth-order valence-electron chi connectivity index (χ4n) is 3.04. The summed E-state index contributed by atoms with van der Waals surface area (Å²) in [6.07, 6.45) is 3.45. The maximum Gasteiger partial charge on any atom is 0.123 e. The first-order chi connectivity index (χ1) is 11.7. The molecule has 0 aliphatic carbocycles. The molecule has 1 aliphatic heterocycles. The van der Waals surface area contributed by atoms with E-state index in [0.29, 0.717) is 0 Å². The number of aromatic nitrogens is 3. The summed E-state index contributed by atoms with van der Waals surface area (Å²) in [6, 6.07) is 6.01. The van der Waals surface area contributed by atoms with Crippen molar-refractivity contribution in [2.45, 2.75) is 32.0 Å². The van der Waals surface area contributed by atoms with Crippen LogP contribution in [0, 0.1) is 0 Å². The predicted molar refractivity (Wildman–Crippen MR) is 89.6 cm³/mol. The van der Waals surface area contributed by atoms with Crippen molar-refractivity contribution in [1.82, 2.24) is 19.9 Å². The maximum absolute atomic E-state index is 9.50. The van der Waals surface area contributed by atoms with Crippen LogP contribution in [0.15, 0.2) is 24.4 Å². The minimum Gasteiger partial charge on any atom is -0.496 e. The van der Waals surface area contributed by atoms with Gasteiger partial charge >= 0.3 is 0 Å². The Bertz CT molecular complexity index is 668. The van der Waals surface area contributed by atoms with Gasteiger partial charge in [-0.25, -0.2) is 4.68 Å². The summed E-state index contributed by atoms with van der Waals surface area (Å²) in [5.74, 6) is 0.883. The van der Waals surface area contributed by atoms with Crippen LogP contribution in [0.4, 0.5) is 0 Å². The van der Waals surface area contributed by atoms with E-state index in [1.54, 1.807) is 18.0 Å². The Labute approximate surface area is 141 Å². The summed E-state index contributed by atoms with van der Waals surface area (Å²) in [4.78, 5) is 2.43. The molecular formula is C17H24N4O3. The van der Waals surface area contributed by atoms with Gasteiger partial charge in [0, 0.05) is 17.7 Å². The highest BCUT2D eigenvalue weighted by Gasteiger charge is 2.16. The van der Waals surface area contributed by atoms with Gasteiger partial charge < -0.3 is 14.9 Å². The second-order valence-corrected chi connectivity index (χ2v) is 6.17. The molecule has 0 spiro atoms. The summed E-state index contributed by atoms with van der Waals surface area (Å²) in [6.45, 7) is 3.05. The highest BCUT2D eigenvalue weighted by atomic mass is 16.5. The molecule has 1 aromatic heterocycles. The highest BCUT2D eigenvalue weighted by Crippen LogP contribution is 2.27. The van der Waals surface area contributed by atoms with E-state index < -0.39 is 6.10 Å². The number of rotatable bonds is 7. The average Bonchev–Trinajstić information content (AvgIpc) is 3.26. The van der Waals surface area contributed by atoms with Crippen LogP contribution in [0.2, 0.25) is 0 Å². The largest absolute Gasteiger partial charge is 0.496 e. The molecule has 1 atom stereocenters.